The zero-order valence-electron chi connectivity index (χ0n) is 17.1. The minimum absolute atomic E-state index is 0.0453. The van der Waals surface area contributed by atoms with Gasteiger partial charge in [0.1, 0.15) is 11.4 Å². The summed E-state index contributed by atoms with van der Waals surface area (Å²) >= 11 is 3.26. The average Bonchev–Trinajstić information content (AvgIpc) is 2.83. The van der Waals surface area contributed by atoms with E-state index in [9.17, 15) is 4.79 Å². The number of nitrogens with one attached hydrogen (secondary N) is 1. The first-order valence-electron chi connectivity index (χ1n) is 9.72. The van der Waals surface area contributed by atoms with Crippen LogP contribution in [0, 0.1) is 0 Å². The van der Waals surface area contributed by atoms with Gasteiger partial charge < -0.3 is 21.5 Å². The monoisotopic (exact) mass is 503 g/mol. The van der Waals surface area contributed by atoms with Gasteiger partial charge in [-0.15, -0.1) is 10.2 Å². The average molecular weight is 504 g/mol. The number of guanidine groups is 1. The Kier molecular flexibility index (Phi) is 6.56. The van der Waals surface area contributed by atoms with Crippen molar-refractivity contribution < 1.29 is 9.53 Å². The second-order valence-corrected chi connectivity index (χ2v) is 7.65. The van der Waals surface area contributed by atoms with Crippen LogP contribution in [0.25, 0.3) is 11.3 Å². The van der Waals surface area contributed by atoms with E-state index >= 15 is 0 Å². The van der Waals surface area contributed by atoms with Crippen LogP contribution in [0.5, 0.6) is 5.75 Å². The van der Waals surface area contributed by atoms with Crippen molar-refractivity contribution in [1.82, 2.24) is 15.2 Å². The molecular formula is C23H18BrN7O2. The second kappa shape index (κ2) is 9.88. The highest BCUT2D eigenvalue weighted by Gasteiger charge is 2.16. The van der Waals surface area contributed by atoms with Crippen LogP contribution in [-0.4, -0.2) is 27.1 Å². The van der Waals surface area contributed by atoms with Crippen LogP contribution in [-0.2, 0) is 0 Å². The predicted molar refractivity (Wildman–Crippen MR) is 130 cm³/mol. The third-order valence-corrected chi connectivity index (χ3v) is 4.85. The number of aliphatic imine (C=N–C) groups is 1. The summed E-state index contributed by atoms with van der Waals surface area (Å²) in [4.78, 5) is 20.8. The third-order valence-electron chi connectivity index (χ3n) is 4.41. The number of halogens is 1. The fourth-order valence-corrected chi connectivity index (χ4v) is 3.20. The lowest BCUT2D eigenvalue weighted by molar-refractivity contribution is 0.0736. The molecule has 0 saturated carbocycles. The molecule has 0 spiro atoms. The molecule has 0 saturated heterocycles. The molecule has 0 fully saturated rings. The van der Waals surface area contributed by atoms with E-state index in [1.165, 1.54) is 12.3 Å². The number of ether oxygens (including phenoxy) is 1. The fourth-order valence-electron chi connectivity index (χ4n) is 2.86. The maximum Gasteiger partial charge on any atom is 0.347 e. The number of hydrogen-bond acceptors (Lipinski definition) is 7. The minimum atomic E-state index is -0.659. The van der Waals surface area contributed by atoms with Gasteiger partial charge in [0.05, 0.1) is 11.4 Å². The number of carbonyl (C=O) groups is 1. The lowest BCUT2D eigenvalue weighted by Crippen LogP contribution is -2.23. The van der Waals surface area contributed by atoms with Gasteiger partial charge in [-0.05, 0) is 46.3 Å². The van der Waals surface area contributed by atoms with Gasteiger partial charge in [0, 0.05) is 16.2 Å². The van der Waals surface area contributed by atoms with Crippen molar-refractivity contribution in [2.75, 3.05) is 11.1 Å². The van der Waals surface area contributed by atoms with Gasteiger partial charge in [-0.25, -0.2) is 9.78 Å². The molecule has 33 heavy (non-hydrogen) atoms. The summed E-state index contributed by atoms with van der Waals surface area (Å²) in [5.41, 5.74) is 14.1. The van der Waals surface area contributed by atoms with Crippen molar-refractivity contribution in [2.45, 2.75) is 0 Å². The van der Waals surface area contributed by atoms with E-state index in [2.05, 4.69) is 41.4 Å². The van der Waals surface area contributed by atoms with Gasteiger partial charge in [-0.1, -0.05) is 42.5 Å². The first-order valence-corrected chi connectivity index (χ1v) is 10.5. The Hall–Kier alpha value is -4.31. The lowest BCUT2D eigenvalue weighted by atomic mass is 10.1. The molecule has 2 heterocycles. The van der Waals surface area contributed by atoms with Gasteiger partial charge in [0.15, 0.2) is 17.5 Å². The maximum absolute atomic E-state index is 12.6. The molecule has 2 aromatic carbocycles. The second-order valence-electron chi connectivity index (χ2n) is 6.74. The van der Waals surface area contributed by atoms with Crippen LogP contribution in [0.15, 0.2) is 88.5 Å². The first kappa shape index (κ1) is 21.9. The Bertz CT molecular complexity index is 1310. The molecule has 164 valence electrons. The Morgan fingerprint density at radius 1 is 1.00 bits per heavy atom. The summed E-state index contributed by atoms with van der Waals surface area (Å²) in [7, 11) is 0. The minimum Gasteiger partial charge on any atom is -0.421 e. The molecule has 0 aliphatic rings. The quantitative estimate of drug-likeness (QED) is 0.159. The smallest absolute Gasteiger partial charge is 0.347 e. The molecule has 10 heteroatoms. The van der Waals surface area contributed by atoms with Crippen LogP contribution >= 0.6 is 15.9 Å². The molecule has 4 aromatic rings. The first-order chi connectivity index (χ1) is 16.0. The van der Waals surface area contributed by atoms with Crippen LogP contribution in [0.2, 0.25) is 0 Å². The van der Waals surface area contributed by atoms with Crippen molar-refractivity contribution in [3.63, 3.8) is 0 Å². The Labute approximate surface area is 197 Å². The number of aromatic nitrogens is 3. The normalized spacial score (nSPS) is 11.1. The Balaban J connectivity index is 1.49. The standard InChI is InChI=1S/C23H18BrN7O2/c24-15-12-16(21(25)27-13-15)22(32)33-19-9-5-4-8-18(19)28-23(26)29-20-11-10-17(30-31-20)14-6-2-1-3-7-14/h1-13H,(H2,25,27)(H3,26,28,29,31). The summed E-state index contributed by atoms with van der Waals surface area (Å²) in [6, 6.07) is 21.5. The SMILES string of the molecule is NC(=Nc1ccc(-c2ccccc2)nn1)Nc1ccccc1OC(=O)c1cc(Br)cnc1N. The number of esters is 1. The molecule has 0 unspecified atom stereocenters. The molecule has 0 atom stereocenters. The molecule has 0 bridgehead atoms. The number of para-hydroxylation sites is 2. The number of nitrogen functional groups attached to an aromatic ring is 1. The number of benzene rings is 2. The highest BCUT2D eigenvalue weighted by molar-refractivity contribution is 9.10. The summed E-state index contributed by atoms with van der Waals surface area (Å²) in [6.45, 7) is 0. The summed E-state index contributed by atoms with van der Waals surface area (Å²) < 4.78 is 6.11. The number of anilines is 2. The van der Waals surface area contributed by atoms with Crippen molar-refractivity contribution in [3.8, 4) is 17.0 Å². The molecule has 9 nitrogen and oxygen atoms in total. The zero-order valence-corrected chi connectivity index (χ0v) is 18.7. The van der Waals surface area contributed by atoms with E-state index in [1.807, 2.05) is 30.3 Å². The van der Waals surface area contributed by atoms with Crippen molar-refractivity contribution in [3.05, 3.63) is 89.0 Å². The number of pyridine rings is 1. The van der Waals surface area contributed by atoms with Gasteiger partial charge >= 0.3 is 5.97 Å². The van der Waals surface area contributed by atoms with Gasteiger partial charge in [-0.3, -0.25) is 0 Å². The molecular weight excluding hydrogens is 486 g/mol. The summed E-state index contributed by atoms with van der Waals surface area (Å²) in [5.74, 6) is 0.0113. The third kappa shape index (κ3) is 5.49. The number of nitrogens with two attached hydrogens (primary N) is 2. The topological polar surface area (TPSA) is 141 Å². The predicted octanol–water partition coefficient (Wildman–Crippen LogP) is 4.16. The molecule has 4 rings (SSSR count). The van der Waals surface area contributed by atoms with Crippen LogP contribution < -0.4 is 21.5 Å². The van der Waals surface area contributed by atoms with E-state index in [-0.39, 0.29) is 23.1 Å². The number of carbonyl (C=O) groups excluding carboxylic acids is 1. The number of nitrogens with zero attached hydrogens (tertiary/aromatic N) is 4. The highest BCUT2D eigenvalue weighted by Crippen LogP contribution is 2.26. The highest BCUT2D eigenvalue weighted by atomic mass is 79.9. The van der Waals surface area contributed by atoms with E-state index in [1.54, 1.807) is 36.4 Å². The van der Waals surface area contributed by atoms with Crippen LogP contribution in [0.1, 0.15) is 10.4 Å². The molecule has 0 amide bonds. The molecule has 0 radical (unpaired) electrons. The fraction of sp³-hybridized carbons (Fsp3) is 0. The van der Waals surface area contributed by atoms with Crippen LogP contribution in [0.3, 0.4) is 0 Å². The number of rotatable bonds is 5. The van der Waals surface area contributed by atoms with Crippen molar-refractivity contribution in [2.24, 2.45) is 10.7 Å². The van der Waals surface area contributed by atoms with Crippen molar-refractivity contribution >= 4 is 45.2 Å². The Morgan fingerprint density at radius 2 is 1.76 bits per heavy atom. The van der Waals surface area contributed by atoms with Crippen LogP contribution in [0.4, 0.5) is 17.3 Å². The lowest BCUT2D eigenvalue weighted by Gasteiger charge is -2.12. The van der Waals surface area contributed by atoms with E-state index in [0.29, 0.717) is 16.0 Å². The molecule has 0 aliphatic heterocycles. The largest absolute Gasteiger partial charge is 0.421 e. The molecule has 5 N–H and O–H groups in total. The van der Waals surface area contributed by atoms with E-state index in [0.717, 1.165) is 11.3 Å². The maximum atomic E-state index is 12.6. The van der Waals surface area contributed by atoms with E-state index in [4.69, 9.17) is 16.2 Å². The van der Waals surface area contributed by atoms with Crippen molar-refractivity contribution in [1.29, 1.82) is 0 Å². The molecule has 0 aliphatic carbocycles. The van der Waals surface area contributed by atoms with Gasteiger partial charge in [-0.2, -0.15) is 4.99 Å². The molecule has 2 aromatic heterocycles. The Morgan fingerprint density at radius 3 is 2.52 bits per heavy atom. The van der Waals surface area contributed by atoms with Gasteiger partial charge in [0.25, 0.3) is 0 Å². The van der Waals surface area contributed by atoms with Gasteiger partial charge in [0.2, 0.25) is 0 Å². The summed E-state index contributed by atoms with van der Waals surface area (Å²) in [5, 5.41) is 11.2. The zero-order chi connectivity index (χ0) is 23.2. The summed E-state index contributed by atoms with van der Waals surface area (Å²) in [6.07, 6.45) is 1.49. The number of hydrogen-bond donors (Lipinski definition) is 3. The van der Waals surface area contributed by atoms with E-state index < -0.39 is 5.97 Å².